The Balaban J connectivity index is 1.81. The van der Waals surface area contributed by atoms with E-state index in [1.807, 2.05) is 0 Å². The first-order valence-corrected chi connectivity index (χ1v) is 7.59. The average Bonchev–Trinajstić information content (AvgIpc) is 2.52. The molecule has 0 bridgehead atoms. The predicted molar refractivity (Wildman–Crippen MR) is 86.2 cm³/mol. The number of hydrogen-bond acceptors (Lipinski definition) is 3. The summed E-state index contributed by atoms with van der Waals surface area (Å²) in [5, 5.41) is 0.905. The first-order chi connectivity index (χ1) is 11.0. The fourth-order valence-electron chi connectivity index (χ4n) is 1.86. The van der Waals surface area contributed by atoms with Gasteiger partial charge in [-0.1, -0.05) is 29.3 Å². The molecule has 0 N–H and O–H groups in total. The third-order valence-corrected chi connectivity index (χ3v) is 3.71. The van der Waals surface area contributed by atoms with E-state index < -0.39 is 11.8 Å². The van der Waals surface area contributed by atoms with E-state index in [4.69, 9.17) is 27.9 Å². The molecule has 0 unspecified atom stereocenters. The molecule has 0 spiro atoms. The van der Waals surface area contributed by atoms with Crippen LogP contribution in [0.25, 0.3) is 0 Å². The molecule has 0 fully saturated rings. The fraction of sp³-hybridized carbons (Fsp3) is 0.176. The fourth-order valence-corrected chi connectivity index (χ4v) is 2.33. The molecule has 0 aliphatic rings. The number of esters is 1. The monoisotopic (exact) mass is 354 g/mol. The van der Waals surface area contributed by atoms with E-state index >= 15 is 0 Å². The minimum Gasteiger partial charge on any atom is -0.461 e. The van der Waals surface area contributed by atoms with Gasteiger partial charge in [0, 0.05) is 27.6 Å². The molecule has 0 saturated carbocycles. The number of ether oxygens (including phenoxy) is 1. The lowest BCUT2D eigenvalue weighted by atomic mass is 10.1. The van der Waals surface area contributed by atoms with Gasteiger partial charge in [-0.3, -0.25) is 9.59 Å². The lowest BCUT2D eigenvalue weighted by molar-refractivity contribution is -0.144. The molecular weight excluding hydrogens is 342 g/mol. The third-order valence-electron chi connectivity index (χ3n) is 3.13. The van der Waals surface area contributed by atoms with Gasteiger partial charge in [-0.15, -0.1) is 0 Å². The van der Waals surface area contributed by atoms with Crippen molar-refractivity contribution in [3.63, 3.8) is 0 Å². The van der Waals surface area contributed by atoms with Gasteiger partial charge >= 0.3 is 5.97 Å². The standard InChI is InChI=1S/C17H13Cl2FO3/c18-13-4-1-12(15(19)9-13)10-23-17(22)8-7-16(21)11-2-5-14(20)6-3-11/h1-6,9H,7-8,10H2. The topological polar surface area (TPSA) is 43.4 Å². The van der Waals surface area contributed by atoms with E-state index in [0.717, 1.165) is 0 Å². The van der Waals surface area contributed by atoms with Crippen molar-refractivity contribution in [3.05, 3.63) is 69.5 Å². The maximum atomic E-state index is 12.8. The van der Waals surface area contributed by atoms with Crippen molar-refractivity contribution in [1.29, 1.82) is 0 Å². The maximum absolute atomic E-state index is 12.8. The molecule has 2 aromatic carbocycles. The maximum Gasteiger partial charge on any atom is 0.306 e. The Morgan fingerprint density at radius 1 is 1.00 bits per heavy atom. The predicted octanol–water partition coefficient (Wildman–Crippen LogP) is 4.84. The van der Waals surface area contributed by atoms with Gasteiger partial charge in [-0.25, -0.2) is 4.39 Å². The van der Waals surface area contributed by atoms with Gasteiger partial charge in [-0.05, 0) is 36.4 Å². The minimum atomic E-state index is -0.508. The van der Waals surface area contributed by atoms with Crippen LogP contribution in [-0.4, -0.2) is 11.8 Å². The van der Waals surface area contributed by atoms with Crippen LogP contribution in [0, 0.1) is 5.82 Å². The largest absolute Gasteiger partial charge is 0.461 e. The highest BCUT2D eigenvalue weighted by Crippen LogP contribution is 2.21. The Hall–Kier alpha value is -1.91. The highest BCUT2D eigenvalue weighted by Gasteiger charge is 2.11. The summed E-state index contributed by atoms with van der Waals surface area (Å²) >= 11 is 11.8. The molecule has 0 amide bonds. The van der Waals surface area contributed by atoms with Crippen LogP contribution in [0.5, 0.6) is 0 Å². The Kier molecular flexibility index (Phi) is 6.13. The first kappa shape index (κ1) is 17.4. The van der Waals surface area contributed by atoms with Crippen molar-refractivity contribution in [2.75, 3.05) is 0 Å². The first-order valence-electron chi connectivity index (χ1n) is 6.84. The van der Waals surface area contributed by atoms with Gasteiger partial charge in [-0.2, -0.15) is 0 Å². The molecule has 6 heteroatoms. The van der Waals surface area contributed by atoms with Crippen LogP contribution in [0.4, 0.5) is 4.39 Å². The molecule has 0 radical (unpaired) electrons. The van der Waals surface area contributed by atoms with E-state index in [9.17, 15) is 14.0 Å². The zero-order valence-electron chi connectivity index (χ0n) is 12.0. The van der Waals surface area contributed by atoms with Crippen molar-refractivity contribution in [2.45, 2.75) is 19.4 Å². The van der Waals surface area contributed by atoms with E-state index in [-0.39, 0.29) is 25.2 Å². The molecule has 0 heterocycles. The summed E-state index contributed by atoms with van der Waals surface area (Å²) in [6.45, 7) is 0.0135. The third kappa shape index (κ3) is 5.34. The number of Topliss-reactive ketones (excluding diaryl/α,β-unsaturated/α-hetero) is 1. The summed E-state index contributed by atoms with van der Waals surface area (Å²) in [5.74, 6) is -1.17. The van der Waals surface area contributed by atoms with Crippen molar-refractivity contribution in [2.24, 2.45) is 0 Å². The van der Waals surface area contributed by atoms with E-state index in [1.54, 1.807) is 18.2 Å². The smallest absolute Gasteiger partial charge is 0.306 e. The number of rotatable bonds is 6. The second kappa shape index (κ2) is 8.09. The van der Waals surface area contributed by atoms with Gasteiger partial charge in [0.1, 0.15) is 12.4 Å². The molecule has 0 saturated heterocycles. The number of hydrogen-bond donors (Lipinski definition) is 0. The molecule has 0 aromatic heterocycles. The van der Waals surface area contributed by atoms with Crippen molar-refractivity contribution in [3.8, 4) is 0 Å². The lowest BCUT2D eigenvalue weighted by Gasteiger charge is -2.07. The van der Waals surface area contributed by atoms with Crippen LogP contribution in [0.3, 0.4) is 0 Å². The molecule has 3 nitrogen and oxygen atoms in total. The van der Waals surface area contributed by atoms with Crippen LogP contribution in [-0.2, 0) is 16.1 Å². The van der Waals surface area contributed by atoms with Gasteiger partial charge in [0.2, 0.25) is 0 Å². The van der Waals surface area contributed by atoms with E-state index in [0.29, 0.717) is 21.2 Å². The van der Waals surface area contributed by atoms with Crippen molar-refractivity contribution in [1.82, 2.24) is 0 Å². The van der Waals surface area contributed by atoms with Crippen molar-refractivity contribution < 1.29 is 18.7 Å². The van der Waals surface area contributed by atoms with Gasteiger partial charge < -0.3 is 4.74 Å². The van der Waals surface area contributed by atoms with Crippen LogP contribution in [0.1, 0.15) is 28.8 Å². The summed E-state index contributed by atoms with van der Waals surface area (Å²) in [5.41, 5.74) is 0.995. The van der Waals surface area contributed by atoms with Crippen LogP contribution in [0.2, 0.25) is 10.0 Å². The van der Waals surface area contributed by atoms with Gasteiger partial charge in [0.25, 0.3) is 0 Å². The Bertz CT molecular complexity index is 714. The number of halogens is 3. The van der Waals surface area contributed by atoms with Gasteiger partial charge in [0.05, 0.1) is 6.42 Å². The molecule has 23 heavy (non-hydrogen) atoms. The number of carbonyl (C=O) groups is 2. The number of benzene rings is 2. The Morgan fingerprint density at radius 3 is 2.35 bits per heavy atom. The lowest BCUT2D eigenvalue weighted by Crippen LogP contribution is -2.08. The molecule has 0 atom stereocenters. The SMILES string of the molecule is O=C(CCC(=O)c1ccc(F)cc1)OCc1ccc(Cl)cc1Cl. The van der Waals surface area contributed by atoms with E-state index in [2.05, 4.69) is 0 Å². The second-order valence-electron chi connectivity index (χ2n) is 4.83. The summed E-state index contributed by atoms with van der Waals surface area (Å²) in [6.07, 6.45) is -0.0553. The minimum absolute atomic E-state index is 0.00117. The quantitative estimate of drug-likeness (QED) is 0.550. The van der Waals surface area contributed by atoms with Crippen LogP contribution in [0.15, 0.2) is 42.5 Å². The molecule has 2 aromatic rings. The van der Waals surface area contributed by atoms with Crippen LogP contribution >= 0.6 is 23.2 Å². The summed E-state index contributed by atoms with van der Waals surface area (Å²) in [7, 11) is 0. The van der Waals surface area contributed by atoms with E-state index in [1.165, 1.54) is 24.3 Å². The normalized spacial score (nSPS) is 10.4. The van der Waals surface area contributed by atoms with Crippen LogP contribution < -0.4 is 0 Å². The Labute approximate surface area is 143 Å². The Morgan fingerprint density at radius 2 is 1.70 bits per heavy atom. The van der Waals surface area contributed by atoms with Gasteiger partial charge in [0.15, 0.2) is 5.78 Å². The zero-order chi connectivity index (χ0) is 16.8. The summed E-state index contributed by atoms with van der Waals surface area (Å²) in [6, 6.07) is 10.1. The molecule has 0 aliphatic heterocycles. The highest BCUT2D eigenvalue weighted by atomic mass is 35.5. The zero-order valence-corrected chi connectivity index (χ0v) is 13.5. The second-order valence-corrected chi connectivity index (χ2v) is 5.67. The molecule has 120 valence electrons. The summed E-state index contributed by atoms with van der Waals surface area (Å²) < 4.78 is 17.9. The molecular formula is C17H13Cl2FO3. The molecule has 0 aliphatic carbocycles. The van der Waals surface area contributed by atoms with Crippen molar-refractivity contribution >= 4 is 35.0 Å². The molecule has 2 rings (SSSR count). The summed E-state index contributed by atoms with van der Waals surface area (Å²) in [4.78, 5) is 23.5. The number of ketones is 1. The number of carbonyl (C=O) groups excluding carboxylic acids is 2. The average molecular weight is 355 g/mol. The highest BCUT2D eigenvalue weighted by molar-refractivity contribution is 6.35.